The van der Waals surface area contributed by atoms with Crippen molar-refractivity contribution >= 4 is 29.2 Å². The molecule has 2 aliphatic rings. The van der Waals surface area contributed by atoms with Crippen LogP contribution in [0.3, 0.4) is 0 Å². The first-order chi connectivity index (χ1) is 23.6. The first-order valence-corrected chi connectivity index (χ1v) is 16.1. The Morgan fingerprint density at radius 3 is 2.27 bits per heavy atom. The topological polar surface area (TPSA) is 125 Å². The Balaban J connectivity index is 1.08. The number of carbonyl (C=O) groups is 3. The molecule has 2 amide bonds. The lowest BCUT2D eigenvalue weighted by Crippen LogP contribution is -2.55. The van der Waals surface area contributed by atoms with Crippen LogP contribution in [0.2, 0.25) is 0 Å². The van der Waals surface area contributed by atoms with Crippen LogP contribution in [0.5, 0.6) is 0 Å². The van der Waals surface area contributed by atoms with Crippen LogP contribution in [0, 0.1) is 17.6 Å². The molecule has 2 fully saturated rings. The van der Waals surface area contributed by atoms with Crippen molar-refractivity contribution in [2.75, 3.05) is 30.0 Å². The van der Waals surface area contributed by atoms with Crippen LogP contribution >= 0.6 is 0 Å². The summed E-state index contributed by atoms with van der Waals surface area (Å²) in [6.07, 6.45) is 1.10. The monoisotopic (exact) mass is 670 g/mol. The molecule has 1 unspecified atom stereocenters. The van der Waals surface area contributed by atoms with Gasteiger partial charge < -0.3 is 29.9 Å². The lowest BCUT2D eigenvalue weighted by molar-refractivity contribution is -0.211. The zero-order valence-corrected chi connectivity index (χ0v) is 26.6. The second-order valence-electron chi connectivity index (χ2n) is 12.5. The summed E-state index contributed by atoms with van der Waals surface area (Å²) in [6.45, 7) is 0.468. The number of benzene rings is 4. The lowest BCUT2D eigenvalue weighted by Gasteiger charge is -2.48. The van der Waals surface area contributed by atoms with Crippen molar-refractivity contribution in [3.63, 3.8) is 0 Å². The highest BCUT2D eigenvalue weighted by atomic mass is 19.1. The van der Waals surface area contributed by atoms with Crippen LogP contribution in [0.15, 0.2) is 97.1 Å². The van der Waals surface area contributed by atoms with Gasteiger partial charge in [0.25, 0.3) is 0 Å². The van der Waals surface area contributed by atoms with E-state index in [-0.39, 0.29) is 24.1 Å². The van der Waals surface area contributed by atoms with Gasteiger partial charge in [-0.15, -0.1) is 0 Å². The minimum absolute atomic E-state index is 0.0665. The van der Waals surface area contributed by atoms with E-state index in [1.807, 2.05) is 24.3 Å². The van der Waals surface area contributed by atoms with E-state index in [0.29, 0.717) is 55.8 Å². The van der Waals surface area contributed by atoms with Crippen LogP contribution in [0.1, 0.15) is 58.5 Å². The average Bonchev–Trinajstić information content (AvgIpc) is 3.08. The minimum Gasteiger partial charge on any atom is -0.478 e. The first-order valence-electron chi connectivity index (χ1n) is 16.1. The van der Waals surface area contributed by atoms with Crippen molar-refractivity contribution in [3.8, 4) is 0 Å². The normalized spacial score (nSPS) is 18.7. The quantitative estimate of drug-likeness (QED) is 0.136. The van der Waals surface area contributed by atoms with Crippen LogP contribution < -0.4 is 10.2 Å². The number of anilines is 2. The van der Waals surface area contributed by atoms with E-state index in [9.17, 15) is 33.4 Å². The number of carbonyl (C=O) groups excluding carboxylic acids is 2. The van der Waals surface area contributed by atoms with Crippen LogP contribution in [0.25, 0.3) is 0 Å². The molecule has 0 radical (unpaired) electrons. The summed E-state index contributed by atoms with van der Waals surface area (Å²) >= 11 is 0. The maximum absolute atomic E-state index is 13.7. The second-order valence-corrected chi connectivity index (χ2v) is 12.5. The highest BCUT2D eigenvalue weighted by Crippen LogP contribution is 2.46. The van der Waals surface area contributed by atoms with Crippen LogP contribution in [0.4, 0.5) is 20.2 Å². The molecule has 4 aromatic rings. The smallest absolute Gasteiger partial charge is 0.335 e. The van der Waals surface area contributed by atoms with Gasteiger partial charge in [-0.2, -0.15) is 0 Å². The van der Waals surface area contributed by atoms with Gasteiger partial charge in [0.05, 0.1) is 36.8 Å². The van der Waals surface area contributed by atoms with E-state index in [1.54, 1.807) is 29.2 Å². The summed E-state index contributed by atoms with van der Waals surface area (Å²) in [4.78, 5) is 38.8. The van der Waals surface area contributed by atoms with Gasteiger partial charge in [0, 0.05) is 11.4 Å². The van der Waals surface area contributed by atoms with Gasteiger partial charge in [0.1, 0.15) is 23.8 Å². The number of aryl methyl sites for hydroxylation is 1. The van der Waals surface area contributed by atoms with Gasteiger partial charge in [0.2, 0.25) is 11.8 Å². The Morgan fingerprint density at radius 1 is 0.959 bits per heavy atom. The molecule has 254 valence electrons. The van der Waals surface area contributed by atoms with E-state index < -0.39 is 41.1 Å². The van der Waals surface area contributed by atoms with E-state index in [2.05, 4.69) is 5.32 Å². The SMILES string of the molecule is O=C(COC1(CCc2ccc([C@@H]3[C@@H](CCC(O)c4ccc(F)cc4)C(=O)N3c3ccc(F)cc3)cc2)COC1)Nc1cccc(C(=O)O)c1. The Hall–Kier alpha value is -4.97. The van der Waals surface area contributed by atoms with Gasteiger partial charge in [-0.1, -0.05) is 42.5 Å². The zero-order chi connectivity index (χ0) is 34.5. The largest absolute Gasteiger partial charge is 0.478 e. The molecule has 0 bridgehead atoms. The number of aliphatic hydroxyl groups excluding tert-OH is 1. The summed E-state index contributed by atoms with van der Waals surface area (Å²) in [5.74, 6) is -2.81. The number of hydrogen-bond donors (Lipinski definition) is 3. The average molecular weight is 671 g/mol. The molecule has 11 heteroatoms. The number of carboxylic acid groups (broad SMARTS) is 1. The van der Waals surface area contributed by atoms with Crippen molar-refractivity contribution in [1.82, 2.24) is 0 Å². The molecule has 2 heterocycles. The van der Waals surface area contributed by atoms with E-state index in [0.717, 1.165) is 11.1 Å². The molecule has 0 saturated carbocycles. The fourth-order valence-corrected chi connectivity index (χ4v) is 6.32. The number of rotatable bonds is 14. The lowest BCUT2D eigenvalue weighted by atomic mass is 9.78. The van der Waals surface area contributed by atoms with Crippen molar-refractivity contribution < 1.29 is 42.9 Å². The van der Waals surface area contributed by atoms with Gasteiger partial charge in [-0.05, 0) is 97.0 Å². The van der Waals surface area contributed by atoms with Crippen LogP contribution in [-0.2, 0) is 25.5 Å². The number of aliphatic hydroxyl groups is 1. The van der Waals surface area contributed by atoms with Gasteiger partial charge in [-0.3, -0.25) is 9.59 Å². The van der Waals surface area contributed by atoms with E-state index in [4.69, 9.17) is 9.47 Å². The summed E-state index contributed by atoms with van der Waals surface area (Å²) < 4.78 is 38.5. The number of halogens is 2. The molecule has 49 heavy (non-hydrogen) atoms. The maximum atomic E-state index is 13.7. The standard InChI is InChI=1S/C38H36F2N2O7/c39-28-10-8-25(9-11-28)33(43)17-16-32-35(42(36(32)45)31-14-12-29(40)13-15-31)26-6-4-24(5-7-26)18-19-38(22-48-23-38)49-21-34(44)41-30-3-1-2-27(20-30)37(46)47/h1-15,20,32-33,35,43H,16-19,21-23H2,(H,41,44)(H,46,47)/t32-,33?,35-/m1/s1. The molecular formula is C38H36F2N2O7. The van der Waals surface area contributed by atoms with Crippen molar-refractivity contribution in [1.29, 1.82) is 0 Å². The summed E-state index contributed by atoms with van der Waals surface area (Å²) in [5, 5.41) is 22.6. The Bertz CT molecular complexity index is 1790. The second kappa shape index (κ2) is 14.7. The minimum atomic E-state index is -1.09. The number of ether oxygens (including phenoxy) is 2. The molecule has 2 saturated heterocycles. The predicted octanol–water partition coefficient (Wildman–Crippen LogP) is 6.24. The van der Waals surface area contributed by atoms with Crippen molar-refractivity contribution in [2.24, 2.45) is 5.92 Å². The van der Waals surface area contributed by atoms with Crippen molar-refractivity contribution in [2.45, 2.75) is 43.4 Å². The highest BCUT2D eigenvalue weighted by molar-refractivity contribution is 6.03. The molecule has 0 aliphatic carbocycles. The number of amides is 2. The summed E-state index contributed by atoms with van der Waals surface area (Å²) in [5.41, 5.74) is 2.88. The molecule has 6 rings (SSSR count). The third-order valence-corrected chi connectivity index (χ3v) is 9.15. The number of nitrogens with one attached hydrogen (secondary N) is 1. The number of aromatic carboxylic acids is 1. The maximum Gasteiger partial charge on any atom is 0.335 e. The Morgan fingerprint density at radius 2 is 1.63 bits per heavy atom. The third-order valence-electron chi connectivity index (χ3n) is 9.15. The Kier molecular flexibility index (Phi) is 10.1. The summed E-state index contributed by atoms with van der Waals surface area (Å²) in [7, 11) is 0. The zero-order valence-electron chi connectivity index (χ0n) is 26.6. The van der Waals surface area contributed by atoms with E-state index in [1.165, 1.54) is 48.5 Å². The van der Waals surface area contributed by atoms with Crippen molar-refractivity contribution in [3.05, 3.63) is 131 Å². The van der Waals surface area contributed by atoms with Gasteiger partial charge >= 0.3 is 5.97 Å². The fourth-order valence-electron chi connectivity index (χ4n) is 6.32. The van der Waals surface area contributed by atoms with E-state index >= 15 is 0 Å². The third kappa shape index (κ3) is 7.86. The molecule has 0 spiro atoms. The predicted molar refractivity (Wildman–Crippen MR) is 177 cm³/mol. The molecule has 3 atom stereocenters. The Labute approximate surface area is 282 Å². The van der Waals surface area contributed by atoms with Gasteiger partial charge in [-0.25, -0.2) is 13.6 Å². The molecular weight excluding hydrogens is 634 g/mol. The number of β-lactam (4-membered cyclic amide) rings is 1. The summed E-state index contributed by atoms with van der Waals surface area (Å²) in [6, 6.07) is 25.0. The molecule has 3 N–H and O–H groups in total. The first kappa shape index (κ1) is 33.9. The fraction of sp³-hybridized carbons (Fsp3) is 0.289. The number of nitrogens with zero attached hydrogens (tertiary/aromatic N) is 1. The molecule has 2 aliphatic heterocycles. The molecule has 0 aromatic heterocycles. The number of hydrogen-bond acceptors (Lipinski definition) is 6. The molecule has 4 aromatic carbocycles. The van der Waals surface area contributed by atoms with Crippen LogP contribution in [-0.4, -0.2) is 53.4 Å². The molecule has 9 nitrogen and oxygen atoms in total. The van der Waals surface area contributed by atoms with Gasteiger partial charge in [0.15, 0.2) is 0 Å². The highest BCUT2D eigenvalue weighted by Gasteiger charge is 2.48. The number of carboxylic acids is 1.